The van der Waals surface area contributed by atoms with Crippen LogP contribution in [0.3, 0.4) is 0 Å². The fourth-order valence-electron chi connectivity index (χ4n) is 7.03. The Morgan fingerprint density at radius 2 is 1.18 bits per heavy atom. The molecule has 0 saturated heterocycles. The van der Waals surface area contributed by atoms with E-state index in [-0.39, 0.29) is 5.41 Å². The topological polar surface area (TPSA) is 12.9 Å². The number of hydrogen-bond donors (Lipinski definition) is 0. The first-order valence-corrected chi connectivity index (χ1v) is 14.1. The second-order valence-corrected chi connectivity index (χ2v) is 11.6. The quantitative estimate of drug-likeness (QED) is 0.210. The molecule has 1 heterocycles. The molecule has 8 rings (SSSR count). The lowest BCUT2D eigenvalue weighted by atomic mass is 9.81. The van der Waals surface area contributed by atoms with E-state index in [4.69, 9.17) is 4.98 Å². The smallest absolute Gasteiger partial charge is 0.0722 e. The fourth-order valence-corrected chi connectivity index (χ4v) is 7.03. The van der Waals surface area contributed by atoms with Gasteiger partial charge in [-0.25, -0.2) is 4.98 Å². The van der Waals surface area contributed by atoms with Gasteiger partial charge < -0.3 is 0 Å². The maximum absolute atomic E-state index is 5.18. The van der Waals surface area contributed by atoms with Crippen LogP contribution in [0.4, 0.5) is 0 Å². The van der Waals surface area contributed by atoms with E-state index in [2.05, 4.69) is 142 Å². The van der Waals surface area contributed by atoms with Crippen LogP contribution in [0.5, 0.6) is 0 Å². The van der Waals surface area contributed by atoms with Gasteiger partial charge in [-0.05, 0) is 74.0 Å². The molecule has 0 N–H and O–H groups in total. The van der Waals surface area contributed by atoms with Gasteiger partial charge in [0, 0.05) is 16.4 Å². The van der Waals surface area contributed by atoms with E-state index in [1.807, 2.05) is 0 Å². The Morgan fingerprint density at radius 1 is 0.500 bits per heavy atom. The van der Waals surface area contributed by atoms with E-state index >= 15 is 0 Å². The van der Waals surface area contributed by atoms with Crippen molar-refractivity contribution in [2.24, 2.45) is 0 Å². The minimum atomic E-state index is -0.0432. The average Bonchev–Trinajstić information content (AvgIpc) is 3.22. The highest BCUT2D eigenvalue weighted by Gasteiger charge is 2.37. The van der Waals surface area contributed by atoms with Crippen LogP contribution >= 0.6 is 0 Å². The summed E-state index contributed by atoms with van der Waals surface area (Å²) in [6.45, 7) is 6.91. The van der Waals surface area contributed by atoms with Crippen LogP contribution in [0.2, 0.25) is 0 Å². The molecule has 1 aliphatic rings. The molecule has 0 saturated carbocycles. The van der Waals surface area contributed by atoms with Crippen LogP contribution in [0.1, 0.15) is 30.5 Å². The number of rotatable bonds is 2. The maximum Gasteiger partial charge on any atom is 0.0722 e. The zero-order valence-corrected chi connectivity index (χ0v) is 23.0. The molecule has 40 heavy (non-hydrogen) atoms. The number of para-hydroxylation sites is 1. The molecule has 0 fully saturated rings. The van der Waals surface area contributed by atoms with Crippen molar-refractivity contribution < 1.29 is 0 Å². The van der Waals surface area contributed by atoms with Crippen molar-refractivity contribution in [1.29, 1.82) is 0 Å². The molecule has 0 aliphatic heterocycles. The van der Waals surface area contributed by atoms with Gasteiger partial charge in [0.2, 0.25) is 0 Å². The zero-order chi connectivity index (χ0) is 27.0. The number of pyridine rings is 1. The molecular weight excluding hydrogens is 482 g/mol. The first-order chi connectivity index (χ1) is 19.5. The van der Waals surface area contributed by atoms with Gasteiger partial charge in [-0.15, -0.1) is 0 Å². The van der Waals surface area contributed by atoms with Crippen molar-refractivity contribution in [3.05, 3.63) is 138 Å². The summed E-state index contributed by atoms with van der Waals surface area (Å²) in [5.41, 5.74) is 12.6. The van der Waals surface area contributed by atoms with Crippen LogP contribution < -0.4 is 0 Å². The molecule has 1 heteroatoms. The van der Waals surface area contributed by atoms with Gasteiger partial charge in [0.1, 0.15) is 0 Å². The predicted octanol–water partition coefficient (Wildman–Crippen LogP) is 10.5. The van der Waals surface area contributed by atoms with Gasteiger partial charge in [0.25, 0.3) is 0 Å². The van der Waals surface area contributed by atoms with Crippen LogP contribution in [-0.2, 0) is 5.41 Å². The Morgan fingerprint density at radius 3 is 2.05 bits per heavy atom. The highest BCUT2D eigenvalue weighted by molar-refractivity contribution is 6.22. The highest BCUT2D eigenvalue weighted by atomic mass is 14.7. The van der Waals surface area contributed by atoms with E-state index in [1.165, 1.54) is 66.1 Å². The van der Waals surface area contributed by atoms with Crippen LogP contribution in [0.25, 0.3) is 66.0 Å². The molecule has 1 nitrogen and oxygen atoms in total. The van der Waals surface area contributed by atoms with Crippen LogP contribution in [-0.4, -0.2) is 4.98 Å². The molecule has 0 atom stereocenters. The molecule has 0 unspecified atom stereocenters. The summed E-state index contributed by atoms with van der Waals surface area (Å²) in [6, 6.07) is 44.4. The van der Waals surface area contributed by atoms with Crippen molar-refractivity contribution in [1.82, 2.24) is 4.98 Å². The number of nitrogens with zero attached hydrogens (tertiary/aromatic N) is 1. The van der Waals surface area contributed by atoms with Crippen LogP contribution in [0.15, 0.2) is 121 Å². The summed E-state index contributed by atoms with van der Waals surface area (Å²) in [5, 5.41) is 6.18. The maximum atomic E-state index is 5.18. The van der Waals surface area contributed by atoms with E-state index in [9.17, 15) is 0 Å². The van der Waals surface area contributed by atoms with Gasteiger partial charge in [0.15, 0.2) is 0 Å². The number of hydrogen-bond acceptors (Lipinski definition) is 1. The molecule has 190 valence electrons. The number of aromatic nitrogens is 1. The van der Waals surface area contributed by atoms with Crippen molar-refractivity contribution >= 4 is 32.4 Å². The molecule has 0 bridgehead atoms. The van der Waals surface area contributed by atoms with Gasteiger partial charge >= 0.3 is 0 Å². The molecule has 0 radical (unpaired) electrons. The lowest BCUT2D eigenvalue weighted by Crippen LogP contribution is -2.14. The molecule has 0 spiro atoms. The van der Waals surface area contributed by atoms with E-state index in [0.717, 1.165) is 16.6 Å². The third-order valence-corrected chi connectivity index (χ3v) is 8.91. The summed E-state index contributed by atoms with van der Waals surface area (Å²) in [6.07, 6.45) is 0. The first-order valence-electron chi connectivity index (χ1n) is 14.1. The number of fused-ring (bicyclic) bond motifs is 6. The third-order valence-electron chi connectivity index (χ3n) is 8.91. The molecule has 7 aromatic rings. The second-order valence-electron chi connectivity index (χ2n) is 11.6. The van der Waals surface area contributed by atoms with Crippen molar-refractivity contribution in [2.45, 2.75) is 26.2 Å². The molecule has 1 aliphatic carbocycles. The summed E-state index contributed by atoms with van der Waals surface area (Å²) in [7, 11) is 0. The van der Waals surface area contributed by atoms with E-state index < -0.39 is 0 Å². The summed E-state index contributed by atoms with van der Waals surface area (Å²) in [4.78, 5) is 5.18. The van der Waals surface area contributed by atoms with Gasteiger partial charge in [-0.1, -0.05) is 129 Å². The average molecular weight is 512 g/mol. The Hall–Kier alpha value is -4.75. The van der Waals surface area contributed by atoms with E-state index in [1.54, 1.807) is 0 Å². The first kappa shape index (κ1) is 23.2. The van der Waals surface area contributed by atoms with E-state index in [0.29, 0.717) is 0 Å². The minimum Gasteiger partial charge on any atom is -0.248 e. The summed E-state index contributed by atoms with van der Waals surface area (Å²) < 4.78 is 0. The third kappa shape index (κ3) is 3.18. The SMILES string of the molecule is Cc1ccc2c(-c3ccc4ccccc4n3)c3ccccc3c(-c3cccc4c3-c3ccccc3C4(C)C)c2c1. The Balaban J connectivity index is 1.53. The van der Waals surface area contributed by atoms with Crippen molar-refractivity contribution in [3.63, 3.8) is 0 Å². The molecule has 0 amide bonds. The Kier molecular flexibility index (Phi) is 4.85. The molecule has 1 aromatic heterocycles. The fraction of sp³-hybridized carbons (Fsp3) is 0.103. The van der Waals surface area contributed by atoms with Crippen molar-refractivity contribution in [2.75, 3.05) is 0 Å². The Bertz CT molecular complexity index is 2150. The summed E-state index contributed by atoms with van der Waals surface area (Å²) in [5.74, 6) is 0. The summed E-state index contributed by atoms with van der Waals surface area (Å²) >= 11 is 0. The minimum absolute atomic E-state index is 0.0432. The van der Waals surface area contributed by atoms with Crippen molar-refractivity contribution in [3.8, 4) is 33.5 Å². The monoisotopic (exact) mass is 511 g/mol. The Labute approximate surface area is 234 Å². The van der Waals surface area contributed by atoms with Gasteiger partial charge in [-0.3, -0.25) is 0 Å². The lowest BCUT2D eigenvalue weighted by molar-refractivity contribution is 0.660. The molecular formula is C39H29N. The predicted molar refractivity (Wildman–Crippen MR) is 170 cm³/mol. The van der Waals surface area contributed by atoms with Gasteiger partial charge in [-0.2, -0.15) is 0 Å². The molecule has 6 aromatic carbocycles. The number of benzene rings is 6. The standard InChI is InChI=1S/C39H29N/c1-24-19-21-28-31(23-24)36(30-15-10-17-33-37(30)29-14-7-8-16-32(29)39(33,2)3)26-12-5-6-13-27(26)38(28)35-22-20-25-11-4-9-18-34(25)40-35/h4-23H,1-3H3. The highest BCUT2D eigenvalue weighted by Crippen LogP contribution is 2.54. The lowest BCUT2D eigenvalue weighted by Gasteiger charge is -2.22. The number of aryl methyl sites for hydroxylation is 1. The van der Waals surface area contributed by atoms with Crippen LogP contribution in [0, 0.1) is 6.92 Å². The second kappa shape index (κ2) is 8.37. The van der Waals surface area contributed by atoms with Gasteiger partial charge in [0.05, 0.1) is 11.2 Å². The largest absolute Gasteiger partial charge is 0.248 e. The zero-order valence-electron chi connectivity index (χ0n) is 23.0. The normalized spacial score (nSPS) is 13.6.